The van der Waals surface area contributed by atoms with E-state index < -0.39 is 0 Å². The molecule has 3 aromatic rings. The zero-order valence-electron chi connectivity index (χ0n) is 17.8. The number of hydrogen-bond donors (Lipinski definition) is 1. The summed E-state index contributed by atoms with van der Waals surface area (Å²) >= 11 is 0. The van der Waals surface area contributed by atoms with Crippen LogP contribution >= 0.6 is 0 Å². The van der Waals surface area contributed by atoms with Gasteiger partial charge in [0.1, 0.15) is 17.5 Å². The van der Waals surface area contributed by atoms with Crippen molar-refractivity contribution in [2.45, 2.75) is 40.3 Å². The number of hydrogen-bond acceptors (Lipinski definition) is 5. The Morgan fingerprint density at radius 3 is 2.80 bits per heavy atom. The first kappa shape index (κ1) is 20.3. The number of fused-ring (bicyclic) bond motifs is 2. The maximum absolute atomic E-state index is 12.9. The van der Waals surface area contributed by atoms with Gasteiger partial charge in [0.05, 0.1) is 5.56 Å². The van der Waals surface area contributed by atoms with E-state index in [1.165, 1.54) is 17.5 Å². The fraction of sp³-hybridized carbons (Fsp3) is 0.435. The lowest BCUT2D eigenvalue weighted by molar-refractivity contribution is 0.0947. The molecule has 7 heteroatoms. The van der Waals surface area contributed by atoms with Gasteiger partial charge in [0, 0.05) is 32.7 Å². The molecule has 1 aliphatic heterocycles. The monoisotopic (exact) mass is 408 g/mol. The highest BCUT2D eigenvalue weighted by molar-refractivity contribution is 6.06. The van der Waals surface area contributed by atoms with Crippen LogP contribution in [-0.4, -0.2) is 40.0 Å². The molecular weight excluding hydrogens is 380 g/mol. The van der Waals surface area contributed by atoms with E-state index in [4.69, 9.17) is 4.42 Å². The molecule has 30 heavy (non-hydrogen) atoms. The second-order valence-electron chi connectivity index (χ2n) is 8.36. The second-order valence-corrected chi connectivity index (χ2v) is 8.36. The fourth-order valence-corrected chi connectivity index (χ4v) is 4.10. The van der Waals surface area contributed by atoms with Gasteiger partial charge in [-0.1, -0.05) is 38.1 Å². The number of furan rings is 1. The zero-order valence-corrected chi connectivity index (χ0v) is 17.8. The van der Waals surface area contributed by atoms with Crippen molar-refractivity contribution in [1.29, 1.82) is 0 Å². The Labute approximate surface area is 175 Å². The van der Waals surface area contributed by atoms with E-state index in [-0.39, 0.29) is 22.6 Å². The van der Waals surface area contributed by atoms with Gasteiger partial charge in [0.25, 0.3) is 11.5 Å². The van der Waals surface area contributed by atoms with Crippen LogP contribution in [0.4, 0.5) is 0 Å². The molecule has 0 saturated carbocycles. The molecule has 0 saturated heterocycles. The van der Waals surface area contributed by atoms with Gasteiger partial charge >= 0.3 is 0 Å². The summed E-state index contributed by atoms with van der Waals surface area (Å²) in [6.45, 7) is 9.44. The van der Waals surface area contributed by atoms with Gasteiger partial charge in [-0.05, 0) is 30.4 Å². The number of benzene rings is 1. The summed E-state index contributed by atoms with van der Waals surface area (Å²) in [5.74, 6) is 0.424. The Bertz CT molecular complexity index is 1130. The molecule has 1 aliphatic rings. The van der Waals surface area contributed by atoms with Crippen LogP contribution in [-0.2, 0) is 19.5 Å². The molecule has 158 valence electrons. The van der Waals surface area contributed by atoms with Crippen molar-refractivity contribution >= 4 is 17.0 Å². The summed E-state index contributed by atoms with van der Waals surface area (Å²) in [7, 11) is 0. The Morgan fingerprint density at radius 2 is 2.03 bits per heavy atom. The minimum atomic E-state index is -0.287. The topological polar surface area (TPSA) is 80.4 Å². The van der Waals surface area contributed by atoms with Gasteiger partial charge in [-0.25, -0.2) is 4.98 Å². The molecule has 0 atom stereocenters. The number of rotatable bonds is 6. The molecule has 3 heterocycles. The molecular formula is C23H28N4O3. The first-order valence-corrected chi connectivity index (χ1v) is 10.5. The van der Waals surface area contributed by atoms with Gasteiger partial charge < -0.3 is 9.73 Å². The van der Waals surface area contributed by atoms with Crippen LogP contribution in [0.5, 0.6) is 0 Å². The Kier molecular flexibility index (Phi) is 5.72. The molecule has 0 unspecified atom stereocenters. The van der Waals surface area contributed by atoms with E-state index in [0.717, 1.165) is 26.1 Å². The van der Waals surface area contributed by atoms with Crippen LogP contribution in [0.15, 0.2) is 39.8 Å². The van der Waals surface area contributed by atoms with E-state index in [9.17, 15) is 9.59 Å². The maximum Gasteiger partial charge on any atom is 0.265 e. The molecule has 1 aromatic carbocycles. The zero-order chi connectivity index (χ0) is 21.3. The van der Waals surface area contributed by atoms with Crippen molar-refractivity contribution in [3.8, 4) is 0 Å². The number of nitrogens with one attached hydrogen (secondary N) is 1. The number of nitrogens with zero attached hydrogens (tertiary/aromatic N) is 3. The normalized spacial score (nSPS) is 14.3. The van der Waals surface area contributed by atoms with Crippen LogP contribution in [0.3, 0.4) is 0 Å². The van der Waals surface area contributed by atoms with E-state index in [2.05, 4.69) is 39.5 Å². The number of aromatic nitrogens is 2. The van der Waals surface area contributed by atoms with E-state index in [1.54, 1.807) is 11.5 Å². The Morgan fingerprint density at radius 1 is 1.27 bits per heavy atom. The van der Waals surface area contributed by atoms with E-state index in [1.807, 2.05) is 13.8 Å². The minimum Gasteiger partial charge on any atom is -0.442 e. The molecule has 0 aliphatic carbocycles. The number of carbonyl (C=O) groups is 1. The average Bonchev–Trinajstić information content (AvgIpc) is 3.06. The van der Waals surface area contributed by atoms with Crippen molar-refractivity contribution in [1.82, 2.24) is 19.8 Å². The van der Waals surface area contributed by atoms with Crippen molar-refractivity contribution in [3.63, 3.8) is 0 Å². The highest BCUT2D eigenvalue weighted by Gasteiger charge is 2.23. The van der Waals surface area contributed by atoms with Gasteiger partial charge in [-0.3, -0.25) is 19.1 Å². The predicted octanol–water partition coefficient (Wildman–Crippen LogP) is 2.74. The highest BCUT2D eigenvalue weighted by atomic mass is 16.3. The van der Waals surface area contributed by atoms with Crippen LogP contribution in [0.2, 0.25) is 0 Å². The first-order chi connectivity index (χ1) is 14.4. The van der Waals surface area contributed by atoms with Crippen LogP contribution < -0.4 is 10.9 Å². The summed E-state index contributed by atoms with van der Waals surface area (Å²) in [4.78, 5) is 32.4. The molecule has 0 radical (unpaired) electrons. The third-order valence-electron chi connectivity index (χ3n) is 5.57. The number of carbonyl (C=O) groups excluding carboxylic acids is 1. The van der Waals surface area contributed by atoms with Crippen LogP contribution in [0.25, 0.3) is 11.1 Å². The second kappa shape index (κ2) is 8.44. The largest absolute Gasteiger partial charge is 0.442 e. The van der Waals surface area contributed by atoms with Gasteiger partial charge in [-0.15, -0.1) is 0 Å². The molecule has 0 bridgehead atoms. The lowest BCUT2D eigenvalue weighted by Gasteiger charge is -2.28. The molecule has 1 amide bonds. The smallest absolute Gasteiger partial charge is 0.265 e. The van der Waals surface area contributed by atoms with Gasteiger partial charge in [-0.2, -0.15) is 0 Å². The van der Waals surface area contributed by atoms with Crippen LogP contribution in [0.1, 0.15) is 41.1 Å². The summed E-state index contributed by atoms with van der Waals surface area (Å²) in [5, 5.41) is 3.22. The Balaban J connectivity index is 1.46. The molecule has 4 rings (SSSR count). The fourth-order valence-electron chi connectivity index (χ4n) is 4.10. The minimum absolute atomic E-state index is 0.218. The van der Waals surface area contributed by atoms with Crippen molar-refractivity contribution < 1.29 is 9.21 Å². The third-order valence-corrected chi connectivity index (χ3v) is 5.57. The van der Waals surface area contributed by atoms with Crippen molar-refractivity contribution in [3.05, 3.63) is 63.4 Å². The molecule has 7 nitrogen and oxygen atoms in total. The summed E-state index contributed by atoms with van der Waals surface area (Å²) in [6, 6.07) is 8.49. The molecule has 0 spiro atoms. The quantitative estimate of drug-likeness (QED) is 0.678. The van der Waals surface area contributed by atoms with Crippen LogP contribution in [0, 0.1) is 12.8 Å². The SMILES string of the molecule is Cc1oc2ncn(CC(C)C)c(=O)c2c1C(=O)NCCN1CCc2ccccc2C1. The lowest BCUT2D eigenvalue weighted by atomic mass is 10.00. The highest BCUT2D eigenvalue weighted by Crippen LogP contribution is 2.21. The summed E-state index contributed by atoms with van der Waals surface area (Å²) in [6.07, 6.45) is 2.51. The van der Waals surface area contributed by atoms with E-state index >= 15 is 0 Å². The number of amides is 1. The van der Waals surface area contributed by atoms with Gasteiger partial charge in [0.15, 0.2) is 0 Å². The molecule has 2 aromatic heterocycles. The lowest BCUT2D eigenvalue weighted by Crippen LogP contribution is -2.38. The third kappa shape index (κ3) is 4.03. The van der Waals surface area contributed by atoms with E-state index in [0.29, 0.717) is 30.3 Å². The molecule has 1 N–H and O–H groups in total. The summed E-state index contributed by atoms with van der Waals surface area (Å²) in [5.41, 5.74) is 3.04. The van der Waals surface area contributed by atoms with Crippen molar-refractivity contribution in [2.75, 3.05) is 19.6 Å². The average molecular weight is 409 g/mol. The summed E-state index contributed by atoms with van der Waals surface area (Å²) < 4.78 is 7.15. The maximum atomic E-state index is 12.9. The standard InChI is InChI=1S/C23H28N4O3/c1-15(2)12-27-14-25-22-20(23(27)29)19(16(3)30-22)21(28)24-9-11-26-10-8-17-6-4-5-7-18(17)13-26/h4-7,14-15H,8-13H2,1-3H3,(H,24,28). The predicted molar refractivity (Wildman–Crippen MR) is 116 cm³/mol. The number of aryl methyl sites for hydroxylation is 1. The molecule has 0 fully saturated rings. The van der Waals surface area contributed by atoms with Gasteiger partial charge in [0.2, 0.25) is 5.71 Å². The Hall–Kier alpha value is -2.93. The van der Waals surface area contributed by atoms with Crippen molar-refractivity contribution in [2.24, 2.45) is 5.92 Å². The first-order valence-electron chi connectivity index (χ1n) is 10.5.